The van der Waals surface area contributed by atoms with Gasteiger partial charge in [-0.25, -0.2) is 0 Å². The van der Waals surface area contributed by atoms with Crippen LogP contribution in [0.1, 0.15) is 34.8 Å². The number of aliphatic hydroxyl groups is 1. The highest BCUT2D eigenvalue weighted by molar-refractivity contribution is 6.39. The third kappa shape index (κ3) is 3.63. The fourth-order valence-electron chi connectivity index (χ4n) is 4.54. The van der Waals surface area contributed by atoms with Gasteiger partial charge >= 0.3 is 11.8 Å². The number of carbonyl (C=O) groups excluding carboxylic acids is 3. The molecular weight excluding hydrogens is 398 g/mol. The van der Waals surface area contributed by atoms with Crippen molar-refractivity contribution < 1.29 is 24.2 Å². The number of aryl methyl sites for hydroxylation is 1. The summed E-state index contributed by atoms with van der Waals surface area (Å²) in [5.41, 5.74) is 5.05. The van der Waals surface area contributed by atoms with Gasteiger partial charge in [-0.3, -0.25) is 14.4 Å². The first-order valence-electron chi connectivity index (χ1n) is 10.5. The van der Waals surface area contributed by atoms with Crippen LogP contribution < -0.4 is 20.3 Å². The Morgan fingerprint density at radius 2 is 1.94 bits per heavy atom. The van der Waals surface area contributed by atoms with Crippen LogP contribution in [0.5, 0.6) is 5.75 Å². The fraction of sp³-hybridized carbons (Fsp3) is 0.348. The molecule has 2 aromatic rings. The standard InChI is InChI=1S/C23H23N3O5/c27-18(13-3-4-19-14(8-13)5-7-31-19)12-24-22(29)23(30)25-17-9-15-2-1-6-26-20(28)11-16(10-17)21(15)26/h3-4,8-10,18,27H,1-2,5-7,11-12H2,(H,24,29)(H,25,30). The van der Waals surface area contributed by atoms with E-state index in [1.807, 2.05) is 18.2 Å². The molecule has 0 aliphatic carbocycles. The van der Waals surface area contributed by atoms with E-state index in [1.54, 1.807) is 17.0 Å². The molecule has 3 amide bonds. The third-order valence-electron chi connectivity index (χ3n) is 6.03. The Hall–Kier alpha value is -3.39. The van der Waals surface area contributed by atoms with Gasteiger partial charge in [0, 0.05) is 25.2 Å². The van der Waals surface area contributed by atoms with Gasteiger partial charge in [-0.05, 0) is 59.4 Å². The van der Waals surface area contributed by atoms with E-state index in [0.717, 1.165) is 53.9 Å². The number of carbonyl (C=O) groups is 3. The van der Waals surface area contributed by atoms with Gasteiger partial charge in [0.25, 0.3) is 0 Å². The summed E-state index contributed by atoms with van der Waals surface area (Å²) in [5, 5.41) is 15.5. The molecule has 31 heavy (non-hydrogen) atoms. The lowest BCUT2D eigenvalue weighted by Crippen LogP contribution is -2.37. The van der Waals surface area contributed by atoms with Crippen molar-refractivity contribution in [2.45, 2.75) is 31.8 Å². The first kappa shape index (κ1) is 19.6. The van der Waals surface area contributed by atoms with Crippen LogP contribution in [0.25, 0.3) is 0 Å². The molecular formula is C23H23N3O5. The first-order chi connectivity index (χ1) is 15.0. The number of hydrogen-bond acceptors (Lipinski definition) is 5. The van der Waals surface area contributed by atoms with E-state index < -0.39 is 17.9 Å². The monoisotopic (exact) mass is 421 g/mol. The van der Waals surface area contributed by atoms with Crippen molar-refractivity contribution in [3.63, 3.8) is 0 Å². The van der Waals surface area contributed by atoms with Crippen molar-refractivity contribution in [2.24, 2.45) is 0 Å². The molecule has 1 unspecified atom stereocenters. The molecule has 160 valence electrons. The second-order valence-corrected chi connectivity index (χ2v) is 8.11. The lowest BCUT2D eigenvalue weighted by molar-refractivity contribution is -0.136. The van der Waals surface area contributed by atoms with Gasteiger partial charge in [0.2, 0.25) is 5.91 Å². The summed E-state index contributed by atoms with van der Waals surface area (Å²) in [7, 11) is 0. The highest BCUT2D eigenvalue weighted by Gasteiger charge is 2.32. The number of hydrogen-bond donors (Lipinski definition) is 3. The summed E-state index contributed by atoms with van der Waals surface area (Å²) in [6.07, 6.45) is 1.89. The molecule has 3 heterocycles. The van der Waals surface area contributed by atoms with Gasteiger partial charge in [0.05, 0.1) is 24.8 Å². The molecule has 0 saturated carbocycles. The molecule has 0 fully saturated rings. The average Bonchev–Trinajstić information content (AvgIpc) is 3.36. The SMILES string of the molecule is O=C(NCC(O)c1ccc2c(c1)CCO2)C(=O)Nc1cc2c3c(c1)CC(=O)N3CCC2. The molecule has 1 atom stereocenters. The molecule has 0 radical (unpaired) electrons. The Morgan fingerprint density at radius 3 is 2.81 bits per heavy atom. The summed E-state index contributed by atoms with van der Waals surface area (Å²) < 4.78 is 5.45. The van der Waals surface area contributed by atoms with Crippen molar-refractivity contribution in [1.82, 2.24) is 5.32 Å². The molecule has 0 spiro atoms. The van der Waals surface area contributed by atoms with Crippen LogP contribution in [-0.4, -0.2) is 42.5 Å². The predicted molar refractivity (Wildman–Crippen MR) is 113 cm³/mol. The molecule has 2 aromatic carbocycles. The number of rotatable bonds is 4. The number of ether oxygens (including phenoxy) is 1. The van der Waals surface area contributed by atoms with Crippen LogP contribution in [0.3, 0.4) is 0 Å². The van der Waals surface area contributed by atoms with Crippen LogP contribution in [-0.2, 0) is 33.6 Å². The Bertz CT molecular complexity index is 1100. The van der Waals surface area contributed by atoms with Gasteiger partial charge in [0.15, 0.2) is 0 Å². The molecule has 3 aliphatic rings. The topological polar surface area (TPSA) is 108 Å². The summed E-state index contributed by atoms with van der Waals surface area (Å²) >= 11 is 0. The van der Waals surface area contributed by atoms with Crippen LogP contribution in [0, 0.1) is 0 Å². The summed E-state index contributed by atoms with van der Waals surface area (Å²) in [6, 6.07) is 9.01. The zero-order chi connectivity index (χ0) is 21.5. The van der Waals surface area contributed by atoms with Crippen LogP contribution in [0.4, 0.5) is 11.4 Å². The third-order valence-corrected chi connectivity index (χ3v) is 6.03. The van der Waals surface area contributed by atoms with E-state index >= 15 is 0 Å². The molecule has 3 aliphatic heterocycles. The number of aliphatic hydroxyl groups excluding tert-OH is 1. The lowest BCUT2D eigenvalue weighted by Gasteiger charge is -2.26. The number of fused-ring (bicyclic) bond motifs is 1. The number of nitrogens with zero attached hydrogens (tertiary/aromatic N) is 1. The van der Waals surface area contributed by atoms with E-state index in [1.165, 1.54) is 0 Å². The second-order valence-electron chi connectivity index (χ2n) is 8.11. The minimum atomic E-state index is -0.927. The van der Waals surface area contributed by atoms with Crippen molar-refractivity contribution in [1.29, 1.82) is 0 Å². The predicted octanol–water partition coefficient (Wildman–Crippen LogP) is 1.25. The van der Waals surface area contributed by atoms with Gasteiger partial charge in [-0.1, -0.05) is 6.07 Å². The van der Waals surface area contributed by atoms with E-state index in [9.17, 15) is 19.5 Å². The largest absolute Gasteiger partial charge is 0.493 e. The number of benzene rings is 2. The Balaban J connectivity index is 1.21. The molecule has 0 aromatic heterocycles. The van der Waals surface area contributed by atoms with Gasteiger partial charge in [0.1, 0.15) is 5.75 Å². The summed E-state index contributed by atoms with van der Waals surface area (Å²) in [5.74, 6) is -0.740. The highest BCUT2D eigenvalue weighted by atomic mass is 16.5. The van der Waals surface area contributed by atoms with Crippen molar-refractivity contribution in [2.75, 3.05) is 29.9 Å². The molecule has 8 heteroatoms. The molecule has 8 nitrogen and oxygen atoms in total. The van der Waals surface area contributed by atoms with E-state index in [4.69, 9.17) is 4.74 Å². The highest BCUT2D eigenvalue weighted by Crippen LogP contribution is 2.38. The number of amides is 3. The van der Waals surface area contributed by atoms with Crippen molar-refractivity contribution in [3.05, 3.63) is 52.6 Å². The maximum Gasteiger partial charge on any atom is 0.313 e. The van der Waals surface area contributed by atoms with E-state index in [-0.39, 0.29) is 12.5 Å². The smallest absolute Gasteiger partial charge is 0.313 e. The zero-order valence-electron chi connectivity index (χ0n) is 16.9. The maximum absolute atomic E-state index is 12.4. The van der Waals surface area contributed by atoms with Crippen molar-refractivity contribution in [3.8, 4) is 5.75 Å². The van der Waals surface area contributed by atoms with E-state index in [2.05, 4.69) is 10.6 Å². The Labute approximate surface area is 179 Å². The Kier molecular flexibility index (Phi) is 4.86. The molecule has 3 N–H and O–H groups in total. The van der Waals surface area contributed by atoms with Gasteiger partial charge < -0.3 is 25.4 Å². The maximum atomic E-state index is 12.4. The van der Waals surface area contributed by atoms with Gasteiger partial charge in [-0.2, -0.15) is 0 Å². The summed E-state index contributed by atoms with van der Waals surface area (Å²) in [4.78, 5) is 38.6. The van der Waals surface area contributed by atoms with Gasteiger partial charge in [-0.15, -0.1) is 0 Å². The van der Waals surface area contributed by atoms with Crippen LogP contribution in [0.15, 0.2) is 30.3 Å². The fourth-order valence-corrected chi connectivity index (χ4v) is 4.54. The normalized spacial score (nSPS) is 16.9. The molecule has 5 rings (SSSR count). The van der Waals surface area contributed by atoms with Crippen molar-refractivity contribution >= 4 is 29.1 Å². The second kappa shape index (κ2) is 7.70. The molecule has 0 saturated heterocycles. The number of nitrogens with one attached hydrogen (secondary N) is 2. The van der Waals surface area contributed by atoms with Crippen LogP contribution in [0.2, 0.25) is 0 Å². The van der Waals surface area contributed by atoms with E-state index in [0.29, 0.717) is 24.3 Å². The quantitative estimate of drug-likeness (QED) is 0.644. The summed E-state index contributed by atoms with van der Waals surface area (Å²) in [6.45, 7) is 1.28. The molecule has 0 bridgehead atoms. The Morgan fingerprint density at radius 1 is 1.10 bits per heavy atom. The first-order valence-corrected chi connectivity index (χ1v) is 10.5. The average molecular weight is 421 g/mol. The number of anilines is 2. The minimum Gasteiger partial charge on any atom is -0.493 e. The minimum absolute atomic E-state index is 0.0734. The lowest BCUT2D eigenvalue weighted by atomic mass is 9.99. The van der Waals surface area contributed by atoms with Crippen LogP contribution >= 0.6 is 0 Å². The zero-order valence-corrected chi connectivity index (χ0v) is 16.9.